The van der Waals surface area contributed by atoms with Crippen LogP contribution in [-0.2, 0) is 23.0 Å². The summed E-state index contributed by atoms with van der Waals surface area (Å²) in [5.74, 6) is -1.58. The number of amides is 2. The van der Waals surface area contributed by atoms with Gasteiger partial charge in [0.2, 0.25) is 10.0 Å². The van der Waals surface area contributed by atoms with E-state index in [1.54, 1.807) is 42.2 Å². The Morgan fingerprint density at radius 2 is 1.60 bits per heavy atom. The van der Waals surface area contributed by atoms with Gasteiger partial charge in [0.15, 0.2) is 0 Å². The van der Waals surface area contributed by atoms with Gasteiger partial charge in [-0.05, 0) is 60.9 Å². The maximum absolute atomic E-state index is 13.6. The molecule has 1 aromatic heterocycles. The number of aliphatic hydroxyl groups is 1. The Bertz CT molecular complexity index is 1650. The van der Waals surface area contributed by atoms with Gasteiger partial charge in [-0.25, -0.2) is 12.8 Å². The van der Waals surface area contributed by atoms with E-state index >= 15 is 0 Å². The number of hydrogen-bond donors (Lipinski definition) is 3. The number of carbonyl (C=O) groups excluding carboxylic acids is 2. The third kappa shape index (κ3) is 8.49. The molecule has 10 nitrogen and oxygen atoms in total. The second kappa shape index (κ2) is 13.6. The van der Waals surface area contributed by atoms with Crippen LogP contribution in [0, 0.1) is 5.82 Å². The number of halogens is 1. The highest BCUT2D eigenvalue weighted by molar-refractivity contribution is 7.92. The topological polar surface area (TPSA) is 134 Å². The molecule has 43 heavy (non-hydrogen) atoms. The Morgan fingerprint density at radius 1 is 0.977 bits per heavy atom. The third-order valence-electron chi connectivity index (χ3n) is 7.03. The number of aromatic nitrogens is 2. The molecule has 0 aliphatic rings. The fraction of sp³-hybridized carbons (Fsp3) is 0.258. The first kappa shape index (κ1) is 31.4. The molecule has 226 valence electrons. The van der Waals surface area contributed by atoms with Crippen LogP contribution in [0.3, 0.4) is 0 Å². The summed E-state index contributed by atoms with van der Waals surface area (Å²) in [6.07, 6.45) is 3.58. The maximum Gasteiger partial charge on any atom is 0.251 e. The number of benzene rings is 3. The molecule has 0 aliphatic heterocycles. The predicted octanol–water partition coefficient (Wildman–Crippen LogP) is 3.31. The van der Waals surface area contributed by atoms with Crippen LogP contribution < -0.4 is 14.9 Å². The molecule has 4 rings (SSSR count). The number of carbonyl (C=O) groups is 2. The predicted molar refractivity (Wildman–Crippen MR) is 162 cm³/mol. The molecule has 0 bridgehead atoms. The lowest BCUT2D eigenvalue weighted by Crippen LogP contribution is -2.46. The molecule has 2 amide bonds. The zero-order chi connectivity index (χ0) is 31.1. The molecule has 0 aliphatic carbocycles. The van der Waals surface area contributed by atoms with Crippen LogP contribution in [0.25, 0.3) is 0 Å². The van der Waals surface area contributed by atoms with E-state index < -0.39 is 45.8 Å². The molecule has 3 N–H and O–H groups in total. The smallest absolute Gasteiger partial charge is 0.251 e. The zero-order valence-electron chi connectivity index (χ0n) is 24.0. The van der Waals surface area contributed by atoms with Crippen molar-refractivity contribution in [3.05, 3.63) is 119 Å². The Morgan fingerprint density at radius 3 is 2.19 bits per heavy atom. The second-order valence-corrected chi connectivity index (χ2v) is 12.3. The van der Waals surface area contributed by atoms with Crippen molar-refractivity contribution in [2.24, 2.45) is 0 Å². The van der Waals surface area contributed by atoms with Crippen LogP contribution in [0.1, 0.15) is 44.8 Å². The van der Waals surface area contributed by atoms with E-state index in [0.29, 0.717) is 12.0 Å². The van der Waals surface area contributed by atoms with Crippen molar-refractivity contribution in [1.82, 2.24) is 20.4 Å². The monoisotopic (exact) mass is 607 g/mol. The van der Waals surface area contributed by atoms with Crippen molar-refractivity contribution < 1.29 is 27.5 Å². The van der Waals surface area contributed by atoms with Crippen molar-refractivity contribution in [2.75, 3.05) is 17.6 Å². The van der Waals surface area contributed by atoms with Crippen LogP contribution in [0.15, 0.2) is 91.3 Å². The molecular formula is C31H34FN5O5S. The first-order valence-electron chi connectivity index (χ1n) is 13.6. The van der Waals surface area contributed by atoms with Gasteiger partial charge in [0.05, 0.1) is 36.7 Å². The first-order valence-corrected chi connectivity index (χ1v) is 15.4. The van der Waals surface area contributed by atoms with Crippen LogP contribution >= 0.6 is 0 Å². The standard InChI is InChI=1S/C31H34FN5O5S/c1-21(23-10-12-26(32)13-11-23)34-30(39)24-17-25(19-27(18-24)36(2)43(3,41)42)31(40)35-28(16-22-8-5-4-6-9-22)29(38)20-37-15-7-14-33-37/h4-15,17-19,21,28-29,38H,16,20H2,1-3H3,(H,34,39)(H,35,40)/t21-,28+,29+/m1/s1. The van der Waals surface area contributed by atoms with E-state index in [-0.39, 0.29) is 23.4 Å². The fourth-order valence-corrected chi connectivity index (χ4v) is 4.98. The van der Waals surface area contributed by atoms with Gasteiger partial charge in [0.1, 0.15) is 5.82 Å². The molecule has 1 heterocycles. The summed E-state index contributed by atoms with van der Waals surface area (Å²) in [6, 6.07) is 19.6. The fourth-order valence-electron chi connectivity index (χ4n) is 4.49. The summed E-state index contributed by atoms with van der Waals surface area (Å²) in [5, 5.41) is 20.9. The lowest BCUT2D eigenvalue weighted by molar-refractivity contribution is 0.0780. The lowest BCUT2D eigenvalue weighted by Gasteiger charge is -2.25. The summed E-state index contributed by atoms with van der Waals surface area (Å²) in [5.41, 5.74) is 1.71. The minimum atomic E-state index is -3.73. The van der Waals surface area contributed by atoms with E-state index in [9.17, 15) is 27.5 Å². The SMILES string of the molecule is C[C@@H](NC(=O)c1cc(C(=O)N[C@@H](Cc2ccccc2)[C@@H](O)Cn2cccn2)cc(N(C)S(C)(=O)=O)c1)c1ccc(F)cc1. The molecule has 4 aromatic rings. The molecular weight excluding hydrogens is 573 g/mol. The van der Waals surface area contributed by atoms with Crippen LogP contribution in [0.2, 0.25) is 0 Å². The van der Waals surface area contributed by atoms with Gasteiger partial charge in [-0.3, -0.25) is 18.6 Å². The first-order chi connectivity index (χ1) is 20.4. The van der Waals surface area contributed by atoms with Gasteiger partial charge in [-0.15, -0.1) is 0 Å². The molecule has 0 saturated carbocycles. The summed E-state index contributed by atoms with van der Waals surface area (Å²) in [6.45, 7) is 1.84. The van der Waals surface area contributed by atoms with Gasteiger partial charge >= 0.3 is 0 Å². The van der Waals surface area contributed by atoms with Gasteiger partial charge in [0.25, 0.3) is 11.8 Å². The molecule has 0 unspecified atom stereocenters. The number of nitrogens with one attached hydrogen (secondary N) is 2. The Hall–Kier alpha value is -4.55. The van der Waals surface area contributed by atoms with E-state index in [1.807, 2.05) is 30.3 Å². The number of sulfonamides is 1. The average Bonchev–Trinajstić information content (AvgIpc) is 3.49. The number of aliphatic hydroxyl groups excluding tert-OH is 1. The maximum atomic E-state index is 13.6. The lowest BCUT2D eigenvalue weighted by atomic mass is 10.00. The highest BCUT2D eigenvalue weighted by Crippen LogP contribution is 2.22. The molecule has 12 heteroatoms. The molecule has 0 saturated heterocycles. The Labute approximate surface area is 250 Å². The Kier molecular flexibility index (Phi) is 9.94. The molecule has 3 aromatic carbocycles. The number of rotatable bonds is 12. The number of nitrogens with zero attached hydrogens (tertiary/aromatic N) is 3. The number of anilines is 1. The molecule has 0 spiro atoms. The van der Waals surface area contributed by atoms with Gasteiger partial charge < -0.3 is 15.7 Å². The second-order valence-electron chi connectivity index (χ2n) is 10.3. The highest BCUT2D eigenvalue weighted by Gasteiger charge is 2.25. The van der Waals surface area contributed by atoms with E-state index in [1.165, 1.54) is 37.4 Å². The molecule has 0 radical (unpaired) electrons. The highest BCUT2D eigenvalue weighted by atomic mass is 32.2. The van der Waals surface area contributed by atoms with Crippen LogP contribution in [0.4, 0.5) is 10.1 Å². The van der Waals surface area contributed by atoms with E-state index in [2.05, 4.69) is 15.7 Å². The van der Waals surface area contributed by atoms with Gasteiger partial charge in [0, 0.05) is 30.6 Å². The van der Waals surface area contributed by atoms with E-state index in [0.717, 1.165) is 16.1 Å². The normalized spacial score (nSPS) is 13.5. The van der Waals surface area contributed by atoms with Crippen LogP contribution in [-0.4, -0.2) is 60.6 Å². The minimum Gasteiger partial charge on any atom is -0.389 e. The Balaban J connectivity index is 1.63. The van der Waals surface area contributed by atoms with Crippen molar-refractivity contribution in [3.8, 4) is 0 Å². The summed E-state index contributed by atoms with van der Waals surface area (Å²) >= 11 is 0. The summed E-state index contributed by atoms with van der Waals surface area (Å²) < 4.78 is 40.6. The van der Waals surface area contributed by atoms with E-state index in [4.69, 9.17) is 0 Å². The minimum absolute atomic E-state index is 0.0249. The summed E-state index contributed by atoms with van der Waals surface area (Å²) in [7, 11) is -2.41. The average molecular weight is 608 g/mol. The van der Waals surface area contributed by atoms with Gasteiger partial charge in [-0.1, -0.05) is 42.5 Å². The molecule has 0 fully saturated rings. The van der Waals surface area contributed by atoms with Gasteiger partial charge in [-0.2, -0.15) is 5.10 Å². The summed E-state index contributed by atoms with van der Waals surface area (Å²) in [4.78, 5) is 27.0. The van der Waals surface area contributed by atoms with Crippen molar-refractivity contribution in [2.45, 2.75) is 38.1 Å². The number of hydrogen-bond acceptors (Lipinski definition) is 6. The van der Waals surface area contributed by atoms with Crippen molar-refractivity contribution in [1.29, 1.82) is 0 Å². The third-order valence-corrected chi connectivity index (χ3v) is 8.24. The quantitative estimate of drug-likeness (QED) is 0.226. The van der Waals surface area contributed by atoms with Crippen LogP contribution in [0.5, 0.6) is 0 Å². The largest absolute Gasteiger partial charge is 0.389 e. The van der Waals surface area contributed by atoms with Crippen molar-refractivity contribution in [3.63, 3.8) is 0 Å². The zero-order valence-corrected chi connectivity index (χ0v) is 24.8. The van der Waals surface area contributed by atoms with Crippen molar-refractivity contribution >= 4 is 27.5 Å². The molecule has 3 atom stereocenters.